The molecule has 0 atom stereocenters. The van der Waals surface area contributed by atoms with Gasteiger partial charge < -0.3 is 4.84 Å². The van der Waals surface area contributed by atoms with Gasteiger partial charge in [-0.2, -0.15) is 22.5 Å². The number of alkyl halides is 3. The Morgan fingerprint density at radius 1 is 1.20 bits per heavy atom. The summed E-state index contributed by atoms with van der Waals surface area (Å²) >= 11 is 1.16. The van der Waals surface area contributed by atoms with E-state index in [2.05, 4.69) is 15.6 Å². The third-order valence-electron chi connectivity index (χ3n) is 4.32. The fraction of sp³-hybridized carbons (Fsp3) is 0.263. The minimum Gasteiger partial charge on any atom is -0.390 e. The first-order valence-electron chi connectivity index (χ1n) is 8.72. The summed E-state index contributed by atoms with van der Waals surface area (Å²) in [5.74, 6) is 0. The first kappa shape index (κ1) is 21.6. The summed E-state index contributed by atoms with van der Waals surface area (Å²) in [5, 5.41) is 11.9. The molecule has 0 aliphatic carbocycles. The molecule has 0 saturated heterocycles. The first-order chi connectivity index (χ1) is 14.2. The Morgan fingerprint density at radius 2 is 1.93 bits per heavy atom. The van der Waals surface area contributed by atoms with Crippen LogP contribution in [0.3, 0.4) is 0 Å². The van der Waals surface area contributed by atoms with Gasteiger partial charge in [-0.15, -0.1) is 11.8 Å². The van der Waals surface area contributed by atoms with Crippen LogP contribution in [-0.2, 0) is 24.7 Å². The highest BCUT2D eigenvalue weighted by molar-refractivity contribution is 8.13. The van der Waals surface area contributed by atoms with Crippen molar-refractivity contribution < 1.29 is 18.0 Å². The molecule has 7 nitrogen and oxygen atoms in total. The van der Waals surface area contributed by atoms with Crippen molar-refractivity contribution in [2.75, 3.05) is 6.26 Å². The van der Waals surface area contributed by atoms with Gasteiger partial charge in [0.1, 0.15) is 11.7 Å². The van der Waals surface area contributed by atoms with Crippen molar-refractivity contribution in [2.45, 2.75) is 19.7 Å². The zero-order chi connectivity index (χ0) is 21.9. The number of halogens is 3. The van der Waals surface area contributed by atoms with Gasteiger partial charge in [0.25, 0.3) is 0 Å². The topological polar surface area (TPSA) is 74.3 Å². The molecule has 0 amide bonds. The van der Waals surface area contributed by atoms with E-state index in [0.29, 0.717) is 21.9 Å². The molecule has 0 aliphatic heterocycles. The van der Waals surface area contributed by atoms with Gasteiger partial charge in [0.15, 0.2) is 0 Å². The Bertz CT molecular complexity index is 1140. The van der Waals surface area contributed by atoms with Crippen LogP contribution in [0.2, 0.25) is 0 Å². The van der Waals surface area contributed by atoms with Gasteiger partial charge in [0.05, 0.1) is 11.3 Å². The van der Waals surface area contributed by atoms with Crippen molar-refractivity contribution in [1.29, 1.82) is 0 Å². The zero-order valence-corrected chi connectivity index (χ0v) is 17.2. The van der Waals surface area contributed by atoms with Crippen molar-refractivity contribution in [3.8, 4) is 5.69 Å². The molecule has 0 saturated carbocycles. The summed E-state index contributed by atoms with van der Waals surface area (Å²) in [5.41, 5.74) is 1.11. The van der Waals surface area contributed by atoms with Crippen LogP contribution < -0.4 is 5.69 Å². The van der Waals surface area contributed by atoms with Crippen LogP contribution in [0, 0.1) is 6.92 Å². The summed E-state index contributed by atoms with van der Waals surface area (Å²) < 4.78 is 41.2. The highest BCUT2D eigenvalue weighted by atomic mass is 32.2. The van der Waals surface area contributed by atoms with Crippen molar-refractivity contribution in [3.63, 3.8) is 0 Å². The molecule has 3 aromatic rings. The number of rotatable bonds is 5. The summed E-state index contributed by atoms with van der Waals surface area (Å²) in [6, 6.07) is 10.2. The maximum atomic E-state index is 13.0. The van der Waals surface area contributed by atoms with E-state index in [9.17, 15) is 18.0 Å². The van der Waals surface area contributed by atoms with Crippen LogP contribution in [0.15, 0.2) is 52.4 Å². The molecule has 0 bridgehead atoms. The molecule has 2 aromatic carbocycles. The van der Waals surface area contributed by atoms with E-state index in [1.54, 1.807) is 18.4 Å². The second-order valence-electron chi connectivity index (χ2n) is 6.32. The zero-order valence-electron chi connectivity index (χ0n) is 16.3. The lowest BCUT2D eigenvalue weighted by atomic mass is 10.1. The predicted molar refractivity (Wildman–Crippen MR) is 108 cm³/mol. The molecular weight excluding hydrogens is 419 g/mol. The van der Waals surface area contributed by atoms with E-state index in [0.717, 1.165) is 38.8 Å². The highest BCUT2D eigenvalue weighted by Crippen LogP contribution is 2.30. The van der Waals surface area contributed by atoms with Crippen LogP contribution >= 0.6 is 11.8 Å². The van der Waals surface area contributed by atoms with Gasteiger partial charge in [-0.05, 0) is 47.4 Å². The number of hydrogen-bond acceptors (Lipinski definition) is 6. The average Bonchev–Trinajstić information content (AvgIpc) is 3.04. The number of tetrazole rings is 1. The SMILES string of the molecule is CS/C(=N\OCc1c(C)cccc1-n1nnn(C)c1=O)c1cccc(C(F)(F)F)c1. The first-order valence-corrected chi connectivity index (χ1v) is 9.94. The number of nitrogens with zero attached hydrogens (tertiary/aromatic N) is 5. The largest absolute Gasteiger partial charge is 0.416 e. The van der Waals surface area contributed by atoms with Crippen molar-refractivity contribution >= 4 is 16.8 Å². The summed E-state index contributed by atoms with van der Waals surface area (Å²) in [6.07, 6.45) is -2.75. The number of oxime groups is 1. The lowest BCUT2D eigenvalue weighted by molar-refractivity contribution is -0.137. The molecule has 1 heterocycles. The van der Waals surface area contributed by atoms with E-state index in [4.69, 9.17) is 4.84 Å². The smallest absolute Gasteiger partial charge is 0.390 e. The van der Waals surface area contributed by atoms with Crippen molar-refractivity contribution in [2.24, 2.45) is 12.2 Å². The van der Waals surface area contributed by atoms with E-state index in [1.807, 2.05) is 13.0 Å². The fourth-order valence-electron chi connectivity index (χ4n) is 2.73. The highest BCUT2D eigenvalue weighted by Gasteiger charge is 2.30. The summed E-state index contributed by atoms with van der Waals surface area (Å²) in [7, 11) is 1.49. The molecule has 158 valence electrons. The molecule has 0 aliphatic rings. The minimum absolute atomic E-state index is 0.00591. The monoisotopic (exact) mass is 437 g/mol. The van der Waals surface area contributed by atoms with Crippen LogP contribution in [0.1, 0.15) is 22.3 Å². The summed E-state index contributed by atoms with van der Waals surface area (Å²) in [6.45, 7) is 1.84. The Kier molecular flexibility index (Phi) is 6.30. The second-order valence-corrected chi connectivity index (χ2v) is 7.12. The average molecular weight is 437 g/mol. The molecule has 0 N–H and O–H groups in total. The lowest BCUT2D eigenvalue weighted by Gasteiger charge is -2.12. The van der Waals surface area contributed by atoms with Crippen molar-refractivity contribution in [3.05, 3.63) is 75.2 Å². The third kappa shape index (κ3) is 4.56. The molecule has 0 spiro atoms. The number of thioether (sulfide) groups is 1. The maximum Gasteiger partial charge on any atom is 0.416 e. The van der Waals surface area contributed by atoms with Gasteiger partial charge in [-0.25, -0.2) is 4.79 Å². The molecule has 0 unspecified atom stereocenters. The normalized spacial score (nSPS) is 12.3. The van der Waals surface area contributed by atoms with E-state index in [1.165, 1.54) is 19.2 Å². The van der Waals surface area contributed by atoms with Crippen LogP contribution in [-0.4, -0.2) is 31.1 Å². The van der Waals surface area contributed by atoms with Gasteiger partial charge in [0, 0.05) is 18.2 Å². The van der Waals surface area contributed by atoms with Crippen LogP contribution in [0.4, 0.5) is 13.2 Å². The van der Waals surface area contributed by atoms with Gasteiger partial charge in [0.2, 0.25) is 0 Å². The van der Waals surface area contributed by atoms with E-state index >= 15 is 0 Å². The number of hydrogen-bond donors (Lipinski definition) is 0. The van der Waals surface area contributed by atoms with E-state index in [-0.39, 0.29) is 6.61 Å². The molecular formula is C19H18F3N5O2S. The summed E-state index contributed by atoms with van der Waals surface area (Å²) in [4.78, 5) is 17.7. The Labute approximate surface area is 174 Å². The quantitative estimate of drug-likeness (QED) is 0.347. The van der Waals surface area contributed by atoms with Crippen molar-refractivity contribution in [1.82, 2.24) is 19.8 Å². The van der Waals surface area contributed by atoms with Gasteiger partial charge >= 0.3 is 11.9 Å². The van der Waals surface area contributed by atoms with Crippen LogP contribution in [0.25, 0.3) is 5.69 Å². The fourth-order valence-corrected chi connectivity index (χ4v) is 3.22. The van der Waals surface area contributed by atoms with Gasteiger partial charge in [-0.3, -0.25) is 0 Å². The minimum atomic E-state index is -4.44. The number of aryl methyl sites for hydroxylation is 2. The molecule has 3 rings (SSSR count). The molecule has 30 heavy (non-hydrogen) atoms. The number of aromatic nitrogens is 4. The molecule has 0 fully saturated rings. The standard InChI is InChI=1S/C19H18F3N5O2S/c1-12-6-4-9-16(27-18(28)26(2)24-25-27)15(12)11-29-23-17(30-3)13-7-5-8-14(10-13)19(20,21)22/h4-10H,11H2,1-3H3/b23-17-. The predicted octanol–water partition coefficient (Wildman–Crippen LogP) is 3.53. The number of benzene rings is 2. The molecule has 1 aromatic heterocycles. The maximum absolute atomic E-state index is 13.0. The molecule has 0 radical (unpaired) electrons. The van der Waals surface area contributed by atoms with Gasteiger partial charge in [-0.1, -0.05) is 29.4 Å². The van der Waals surface area contributed by atoms with E-state index < -0.39 is 17.4 Å². The third-order valence-corrected chi connectivity index (χ3v) is 5.02. The Hall–Kier alpha value is -3.08. The Balaban J connectivity index is 1.88. The van der Waals surface area contributed by atoms with Crippen LogP contribution in [0.5, 0.6) is 0 Å². The second kappa shape index (κ2) is 8.74. The lowest BCUT2D eigenvalue weighted by Crippen LogP contribution is -2.23. The Morgan fingerprint density at radius 3 is 2.57 bits per heavy atom. The molecule has 11 heteroatoms.